The summed E-state index contributed by atoms with van der Waals surface area (Å²) in [6.07, 6.45) is 4.47. The molecule has 3 heterocycles. The van der Waals surface area contributed by atoms with E-state index in [1.807, 2.05) is 20.0 Å². The largest absolute Gasteiger partial charge is 0.355 e. The van der Waals surface area contributed by atoms with Crippen LogP contribution in [0.2, 0.25) is 0 Å². The summed E-state index contributed by atoms with van der Waals surface area (Å²) in [4.78, 5) is 7.54. The van der Waals surface area contributed by atoms with Crippen LogP contribution in [0.1, 0.15) is 26.7 Å². The maximum atomic E-state index is 4.06. The first-order chi connectivity index (χ1) is 9.83. The van der Waals surface area contributed by atoms with Crippen molar-refractivity contribution in [1.82, 2.24) is 20.0 Å². The molecule has 20 heavy (non-hydrogen) atoms. The summed E-state index contributed by atoms with van der Waals surface area (Å²) in [6, 6.07) is 2.79. The van der Waals surface area contributed by atoms with Crippen LogP contribution in [0.3, 0.4) is 0 Å². The predicted octanol–water partition coefficient (Wildman–Crippen LogP) is 1.65. The molecule has 0 aliphatic carbocycles. The minimum atomic E-state index is 0.718. The van der Waals surface area contributed by atoms with Crippen LogP contribution in [0, 0.1) is 0 Å². The zero-order valence-electron chi connectivity index (χ0n) is 13.2. The van der Waals surface area contributed by atoms with Crippen LogP contribution in [0.25, 0.3) is 0 Å². The Morgan fingerprint density at radius 3 is 2.55 bits per heavy atom. The molecule has 114 valence electrons. The molecular weight excluding hydrogens is 250 g/mol. The highest BCUT2D eigenvalue weighted by atomic mass is 15.3. The number of hydrogen-bond donors (Lipinski definition) is 1. The minimum Gasteiger partial charge on any atom is -0.355 e. The fraction of sp³-hybridized carbons (Fsp3) is 0.800. The van der Waals surface area contributed by atoms with Crippen LogP contribution in [0.4, 0.5) is 5.82 Å². The number of likely N-dealkylation sites (N-methyl/N-ethyl adjacent to an activating group) is 1. The van der Waals surface area contributed by atoms with Crippen molar-refractivity contribution in [2.24, 2.45) is 0 Å². The molecule has 2 saturated heterocycles. The summed E-state index contributed by atoms with van der Waals surface area (Å²) in [7, 11) is 2.22. The summed E-state index contributed by atoms with van der Waals surface area (Å²) >= 11 is 0. The zero-order valence-corrected chi connectivity index (χ0v) is 13.2. The fourth-order valence-electron chi connectivity index (χ4n) is 3.08. The second-order valence-corrected chi connectivity index (χ2v) is 5.52. The van der Waals surface area contributed by atoms with E-state index in [1.54, 1.807) is 0 Å². The van der Waals surface area contributed by atoms with E-state index in [2.05, 4.69) is 38.0 Å². The average molecular weight is 279 g/mol. The predicted molar refractivity (Wildman–Crippen MR) is 84.2 cm³/mol. The smallest absolute Gasteiger partial charge is 0.124 e. The first kappa shape index (κ1) is 15.3. The monoisotopic (exact) mass is 279 g/mol. The molecule has 1 N–H and O–H groups in total. The third-order valence-corrected chi connectivity index (χ3v) is 4.28. The van der Waals surface area contributed by atoms with Crippen molar-refractivity contribution < 1.29 is 0 Å². The van der Waals surface area contributed by atoms with Gasteiger partial charge in [0.15, 0.2) is 0 Å². The van der Waals surface area contributed by atoms with E-state index in [0.29, 0.717) is 0 Å². The molecule has 0 bridgehead atoms. The molecule has 0 saturated carbocycles. The summed E-state index contributed by atoms with van der Waals surface area (Å²) in [5, 5.41) is 7.14. The molecule has 2 aliphatic rings. The molecule has 1 aromatic heterocycles. The number of nitrogens with one attached hydrogen (secondary N) is 1. The first-order valence-corrected chi connectivity index (χ1v) is 8.00. The number of nitrogens with zero attached hydrogens (tertiary/aromatic N) is 4. The van der Waals surface area contributed by atoms with E-state index < -0.39 is 0 Å². The van der Waals surface area contributed by atoms with Gasteiger partial charge in [0.2, 0.25) is 0 Å². The summed E-state index contributed by atoms with van der Waals surface area (Å²) < 4.78 is 0. The van der Waals surface area contributed by atoms with Gasteiger partial charge in [-0.2, -0.15) is 5.10 Å². The number of piperazine rings is 1. The van der Waals surface area contributed by atoms with Crippen LogP contribution in [-0.4, -0.2) is 72.4 Å². The molecule has 0 radical (unpaired) electrons. The molecule has 0 aromatic carbocycles. The van der Waals surface area contributed by atoms with Crippen LogP contribution in [-0.2, 0) is 0 Å². The number of aromatic nitrogens is 2. The van der Waals surface area contributed by atoms with Gasteiger partial charge in [-0.25, -0.2) is 0 Å². The van der Waals surface area contributed by atoms with Crippen LogP contribution < -0.4 is 4.90 Å². The topological polar surface area (TPSA) is 38.4 Å². The Morgan fingerprint density at radius 1 is 1.15 bits per heavy atom. The second kappa shape index (κ2) is 7.64. The molecule has 0 spiro atoms. The Hall–Kier alpha value is -1.07. The van der Waals surface area contributed by atoms with Crippen molar-refractivity contribution in [3.8, 4) is 0 Å². The van der Waals surface area contributed by atoms with E-state index >= 15 is 0 Å². The minimum absolute atomic E-state index is 0.718. The number of anilines is 1. The number of aromatic amines is 1. The van der Waals surface area contributed by atoms with Gasteiger partial charge in [-0.3, -0.25) is 10.00 Å². The van der Waals surface area contributed by atoms with Gasteiger partial charge in [-0.15, -0.1) is 0 Å². The number of piperidine rings is 1. The summed E-state index contributed by atoms with van der Waals surface area (Å²) in [5.41, 5.74) is 0. The lowest BCUT2D eigenvalue weighted by molar-refractivity contribution is 0.102. The highest BCUT2D eigenvalue weighted by Gasteiger charge is 2.27. The third-order valence-electron chi connectivity index (χ3n) is 4.28. The standard InChI is InChI=1S/C13H23N5.C2H6/c1-16-7-9-17(10-8-16)12-3-2-6-18(11-12)13-4-5-14-15-13;1-2/h4-5,12H,2-3,6-11H2,1H3,(H,14,15);1-2H3. The van der Waals surface area contributed by atoms with E-state index in [4.69, 9.17) is 0 Å². The molecule has 5 heteroatoms. The lowest BCUT2D eigenvalue weighted by Crippen LogP contribution is -2.54. The molecule has 3 rings (SSSR count). The van der Waals surface area contributed by atoms with E-state index in [0.717, 1.165) is 19.1 Å². The van der Waals surface area contributed by atoms with Crippen molar-refractivity contribution in [2.45, 2.75) is 32.7 Å². The second-order valence-electron chi connectivity index (χ2n) is 5.52. The maximum absolute atomic E-state index is 4.06. The highest BCUT2D eigenvalue weighted by Crippen LogP contribution is 2.21. The zero-order chi connectivity index (χ0) is 14.4. The molecule has 1 aromatic rings. The summed E-state index contributed by atoms with van der Waals surface area (Å²) in [6.45, 7) is 11.2. The molecule has 1 atom stereocenters. The van der Waals surface area contributed by atoms with Crippen LogP contribution in [0.5, 0.6) is 0 Å². The quantitative estimate of drug-likeness (QED) is 0.893. The summed E-state index contributed by atoms with van der Waals surface area (Å²) in [5.74, 6) is 1.17. The molecule has 2 fully saturated rings. The number of H-pyrrole nitrogens is 1. The average Bonchev–Trinajstić information content (AvgIpc) is 3.05. The Morgan fingerprint density at radius 2 is 1.90 bits per heavy atom. The lowest BCUT2D eigenvalue weighted by atomic mass is 10.0. The van der Waals surface area contributed by atoms with Gasteiger partial charge in [0.05, 0.1) is 6.20 Å². The van der Waals surface area contributed by atoms with Crippen molar-refractivity contribution in [1.29, 1.82) is 0 Å². The van der Waals surface area contributed by atoms with Crippen LogP contribution in [0.15, 0.2) is 12.3 Å². The third kappa shape index (κ3) is 3.73. The van der Waals surface area contributed by atoms with E-state index in [1.165, 1.54) is 44.8 Å². The maximum Gasteiger partial charge on any atom is 0.124 e. The molecular formula is C15H29N5. The van der Waals surface area contributed by atoms with Crippen molar-refractivity contribution in [3.63, 3.8) is 0 Å². The van der Waals surface area contributed by atoms with Gasteiger partial charge in [-0.1, -0.05) is 13.8 Å². The van der Waals surface area contributed by atoms with Gasteiger partial charge in [0.25, 0.3) is 0 Å². The molecule has 0 amide bonds. The Kier molecular flexibility index (Phi) is 5.86. The Balaban J connectivity index is 0.000000704. The van der Waals surface area contributed by atoms with Gasteiger partial charge < -0.3 is 9.80 Å². The molecule has 2 aliphatic heterocycles. The lowest BCUT2D eigenvalue weighted by Gasteiger charge is -2.42. The Bertz CT molecular complexity index is 356. The fourth-order valence-corrected chi connectivity index (χ4v) is 3.08. The Labute approximate surface area is 122 Å². The number of rotatable bonds is 2. The van der Waals surface area contributed by atoms with E-state index in [9.17, 15) is 0 Å². The first-order valence-electron chi connectivity index (χ1n) is 8.00. The van der Waals surface area contributed by atoms with Crippen LogP contribution >= 0.6 is 0 Å². The van der Waals surface area contributed by atoms with Crippen molar-refractivity contribution in [2.75, 3.05) is 51.2 Å². The molecule has 1 unspecified atom stereocenters. The molecule has 5 nitrogen and oxygen atoms in total. The van der Waals surface area contributed by atoms with Gasteiger partial charge in [0, 0.05) is 51.4 Å². The van der Waals surface area contributed by atoms with Crippen molar-refractivity contribution >= 4 is 5.82 Å². The normalized spacial score (nSPS) is 25.1. The van der Waals surface area contributed by atoms with E-state index in [-0.39, 0.29) is 0 Å². The van der Waals surface area contributed by atoms with Gasteiger partial charge in [0.1, 0.15) is 5.82 Å². The van der Waals surface area contributed by atoms with Crippen molar-refractivity contribution in [3.05, 3.63) is 12.3 Å². The number of hydrogen-bond acceptors (Lipinski definition) is 4. The van der Waals surface area contributed by atoms with Gasteiger partial charge in [-0.05, 0) is 19.9 Å². The SMILES string of the molecule is CC.CN1CCN(C2CCCN(c3ccn[nH]3)C2)CC1. The highest BCUT2D eigenvalue weighted by molar-refractivity contribution is 5.37. The van der Waals surface area contributed by atoms with Gasteiger partial charge >= 0.3 is 0 Å².